The largest absolute Gasteiger partial charge is 0.296 e. The molecule has 0 aliphatic heterocycles. The van der Waals surface area contributed by atoms with E-state index < -0.39 is 0 Å². The molecule has 0 aliphatic carbocycles. The standard InChI is InChI=1S/C8H7N3O/c1-6-7(5-12)11-3-2-9-4-8(11)10-6/h2-5H,1H3. The van der Waals surface area contributed by atoms with E-state index in [2.05, 4.69) is 9.97 Å². The first-order chi connectivity index (χ1) is 5.83. The Bertz CT molecular complexity index is 433. The van der Waals surface area contributed by atoms with Crippen molar-refractivity contribution in [1.82, 2.24) is 14.4 Å². The Labute approximate surface area is 68.9 Å². The lowest BCUT2D eigenvalue weighted by atomic mass is 10.4. The van der Waals surface area contributed by atoms with Crippen LogP contribution in [0.5, 0.6) is 0 Å². The zero-order chi connectivity index (χ0) is 8.55. The fourth-order valence-corrected chi connectivity index (χ4v) is 1.19. The number of carbonyl (C=O) groups excluding carboxylic acids is 1. The van der Waals surface area contributed by atoms with Crippen LogP contribution in [-0.4, -0.2) is 20.7 Å². The van der Waals surface area contributed by atoms with Crippen LogP contribution in [0.1, 0.15) is 16.2 Å². The molecule has 0 unspecified atom stereocenters. The van der Waals surface area contributed by atoms with Gasteiger partial charge in [0.1, 0.15) is 5.69 Å². The molecule has 4 heteroatoms. The minimum atomic E-state index is 0.590. The first-order valence-electron chi connectivity index (χ1n) is 3.57. The summed E-state index contributed by atoms with van der Waals surface area (Å²) in [6.45, 7) is 1.80. The van der Waals surface area contributed by atoms with Crippen LogP contribution >= 0.6 is 0 Å². The summed E-state index contributed by atoms with van der Waals surface area (Å²) in [5.41, 5.74) is 2.03. The Morgan fingerprint density at radius 3 is 3.17 bits per heavy atom. The summed E-state index contributed by atoms with van der Waals surface area (Å²) in [4.78, 5) is 18.7. The molecule has 2 aromatic rings. The Morgan fingerprint density at radius 2 is 2.42 bits per heavy atom. The minimum Gasteiger partial charge on any atom is -0.296 e. The van der Waals surface area contributed by atoms with Crippen molar-refractivity contribution in [1.29, 1.82) is 0 Å². The topological polar surface area (TPSA) is 47.3 Å². The van der Waals surface area contributed by atoms with Crippen LogP contribution in [-0.2, 0) is 0 Å². The van der Waals surface area contributed by atoms with Gasteiger partial charge in [0.25, 0.3) is 0 Å². The van der Waals surface area contributed by atoms with Crippen molar-refractivity contribution < 1.29 is 4.79 Å². The number of carbonyl (C=O) groups is 1. The van der Waals surface area contributed by atoms with Crippen LogP contribution in [0.4, 0.5) is 0 Å². The highest BCUT2D eigenvalue weighted by Crippen LogP contribution is 2.07. The van der Waals surface area contributed by atoms with Gasteiger partial charge in [0.15, 0.2) is 11.9 Å². The molecule has 0 amide bonds. The molecule has 2 heterocycles. The van der Waals surface area contributed by atoms with Crippen molar-refractivity contribution in [2.45, 2.75) is 6.92 Å². The minimum absolute atomic E-state index is 0.590. The van der Waals surface area contributed by atoms with E-state index in [1.807, 2.05) is 0 Å². The second-order valence-corrected chi connectivity index (χ2v) is 2.50. The van der Waals surface area contributed by atoms with Gasteiger partial charge in [-0.15, -0.1) is 0 Å². The second kappa shape index (κ2) is 2.41. The van der Waals surface area contributed by atoms with E-state index >= 15 is 0 Å². The third-order valence-corrected chi connectivity index (χ3v) is 1.76. The predicted octanol–water partition coefficient (Wildman–Crippen LogP) is 0.850. The molecular formula is C8H7N3O. The molecule has 0 saturated heterocycles. The van der Waals surface area contributed by atoms with E-state index in [1.165, 1.54) is 0 Å². The van der Waals surface area contributed by atoms with Crippen LogP contribution in [0.3, 0.4) is 0 Å². The van der Waals surface area contributed by atoms with E-state index in [4.69, 9.17) is 0 Å². The van der Waals surface area contributed by atoms with Gasteiger partial charge in [0, 0.05) is 12.4 Å². The Kier molecular flexibility index (Phi) is 1.40. The summed E-state index contributed by atoms with van der Waals surface area (Å²) in [5, 5.41) is 0. The second-order valence-electron chi connectivity index (χ2n) is 2.50. The zero-order valence-electron chi connectivity index (χ0n) is 6.56. The number of aryl methyl sites for hydroxylation is 1. The number of nitrogens with zero attached hydrogens (tertiary/aromatic N) is 3. The first kappa shape index (κ1) is 6.97. The Balaban J connectivity index is 2.90. The number of aldehydes is 1. The van der Waals surface area contributed by atoms with Crippen molar-refractivity contribution in [3.05, 3.63) is 30.0 Å². The van der Waals surface area contributed by atoms with Crippen LogP contribution in [0.15, 0.2) is 18.6 Å². The lowest BCUT2D eigenvalue weighted by Crippen LogP contribution is -1.91. The molecular weight excluding hydrogens is 154 g/mol. The van der Waals surface area contributed by atoms with Crippen LogP contribution in [0.25, 0.3) is 5.65 Å². The molecule has 0 atom stereocenters. The average molecular weight is 161 g/mol. The molecule has 0 aliphatic rings. The highest BCUT2D eigenvalue weighted by atomic mass is 16.1. The maximum Gasteiger partial charge on any atom is 0.168 e. The van der Waals surface area contributed by atoms with E-state index in [1.54, 1.807) is 29.9 Å². The van der Waals surface area contributed by atoms with Crippen LogP contribution in [0.2, 0.25) is 0 Å². The molecule has 60 valence electrons. The van der Waals surface area contributed by atoms with Gasteiger partial charge in [0.2, 0.25) is 0 Å². The van der Waals surface area contributed by atoms with E-state index in [9.17, 15) is 4.79 Å². The summed E-state index contributed by atoms with van der Waals surface area (Å²) in [6.07, 6.45) is 5.77. The van der Waals surface area contributed by atoms with Crippen molar-refractivity contribution in [2.24, 2.45) is 0 Å². The van der Waals surface area contributed by atoms with Gasteiger partial charge in [0.05, 0.1) is 11.9 Å². The number of rotatable bonds is 1. The fourth-order valence-electron chi connectivity index (χ4n) is 1.19. The number of hydrogen-bond acceptors (Lipinski definition) is 3. The molecule has 0 fully saturated rings. The number of aromatic nitrogens is 3. The smallest absolute Gasteiger partial charge is 0.168 e. The molecule has 2 aromatic heterocycles. The number of fused-ring (bicyclic) bond motifs is 1. The van der Waals surface area contributed by atoms with Gasteiger partial charge < -0.3 is 0 Å². The fraction of sp³-hybridized carbons (Fsp3) is 0.125. The molecule has 0 radical (unpaired) electrons. The lowest BCUT2D eigenvalue weighted by Gasteiger charge is -1.91. The van der Waals surface area contributed by atoms with Gasteiger partial charge >= 0.3 is 0 Å². The van der Waals surface area contributed by atoms with Gasteiger partial charge in [-0.25, -0.2) is 4.98 Å². The van der Waals surface area contributed by atoms with Crippen molar-refractivity contribution in [2.75, 3.05) is 0 Å². The molecule has 0 bridgehead atoms. The zero-order valence-corrected chi connectivity index (χ0v) is 6.56. The Morgan fingerprint density at radius 1 is 1.58 bits per heavy atom. The lowest BCUT2D eigenvalue weighted by molar-refractivity contribution is 0.111. The van der Waals surface area contributed by atoms with Gasteiger partial charge in [-0.3, -0.25) is 14.2 Å². The SMILES string of the molecule is Cc1nc2cnccn2c1C=O. The molecule has 0 spiro atoms. The van der Waals surface area contributed by atoms with E-state index in [0.717, 1.165) is 12.0 Å². The van der Waals surface area contributed by atoms with Crippen molar-refractivity contribution in [3.63, 3.8) is 0 Å². The van der Waals surface area contributed by atoms with E-state index in [-0.39, 0.29) is 0 Å². The van der Waals surface area contributed by atoms with E-state index in [0.29, 0.717) is 11.3 Å². The summed E-state index contributed by atoms with van der Waals surface area (Å²) in [5.74, 6) is 0. The van der Waals surface area contributed by atoms with Crippen molar-refractivity contribution in [3.8, 4) is 0 Å². The normalized spacial score (nSPS) is 10.4. The maximum atomic E-state index is 10.6. The monoisotopic (exact) mass is 161 g/mol. The summed E-state index contributed by atoms with van der Waals surface area (Å²) < 4.78 is 1.72. The maximum absolute atomic E-state index is 10.6. The average Bonchev–Trinajstić information content (AvgIpc) is 2.40. The molecule has 4 nitrogen and oxygen atoms in total. The highest BCUT2D eigenvalue weighted by Gasteiger charge is 2.05. The third kappa shape index (κ3) is 0.812. The predicted molar refractivity (Wildman–Crippen MR) is 43.1 cm³/mol. The van der Waals surface area contributed by atoms with Crippen LogP contribution in [0, 0.1) is 6.92 Å². The van der Waals surface area contributed by atoms with Crippen molar-refractivity contribution >= 4 is 11.9 Å². The van der Waals surface area contributed by atoms with Gasteiger partial charge in [-0.1, -0.05) is 0 Å². The summed E-state index contributed by atoms with van der Waals surface area (Å²) in [7, 11) is 0. The quantitative estimate of drug-likeness (QED) is 0.582. The first-order valence-corrected chi connectivity index (χ1v) is 3.57. The number of imidazole rings is 1. The van der Waals surface area contributed by atoms with Gasteiger partial charge in [-0.05, 0) is 6.92 Å². The molecule has 0 N–H and O–H groups in total. The Hall–Kier alpha value is -1.71. The molecule has 2 rings (SSSR count). The molecule has 0 aromatic carbocycles. The highest BCUT2D eigenvalue weighted by molar-refractivity contribution is 5.76. The van der Waals surface area contributed by atoms with Gasteiger partial charge in [-0.2, -0.15) is 0 Å². The molecule has 12 heavy (non-hydrogen) atoms. The number of hydrogen-bond donors (Lipinski definition) is 0. The molecule has 0 saturated carbocycles. The third-order valence-electron chi connectivity index (χ3n) is 1.76. The summed E-state index contributed by atoms with van der Waals surface area (Å²) >= 11 is 0. The summed E-state index contributed by atoms with van der Waals surface area (Å²) in [6, 6.07) is 0. The van der Waals surface area contributed by atoms with Crippen LogP contribution < -0.4 is 0 Å².